The van der Waals surface area contributed by atoms with Crippen molar-refractivity contribution in [2.24, 2.45) is 0 Å². The largest absolute Gasteiger partial charge is 0.480 e. The van der Waals surface area contributed by atoms with Gasteiger partial charge in [-0.3, -0.25) is 14.4 Å². The molecule has 0 saturated carbocycles. The van der Waals surface area contributed by atoms with Crippen molar-refractivity contribution in [3.05, 3.63) is 52.7 Å². The lowest BCUT2D eigenvalue weighted by Gasteiger charge is -2.16. The molecule has 0 aliphatic carbocycles. The van der Waals surface area contributed by atoms with E-state index in [9.17, 15) is 4.79 Å². The van der Waals surface area contributed by atoms with Crippen molar-refractivity contribution in [3.63, 3.8) is 0 Å². The smallest absolute Gasteiger partial charge is 0.317 e. The number of nitrogens with zero attached hydrogens (tertiary/aromatic N) is 5. The predicted molar refractivity (Wildman–Crippen MR) is 123 cm³/mol. The summed E-state index contributed by atoms with van der Waals surface area (Å²) in [6, 6.07) is 11.8. The molecule has 9 heteroatoms. The number of rotatable bonds is 7. The average Bonchev–Trinajstić information content (AvgIpc) is 3.34. The zero-order valence-corrected chi connectivity index (χ0v) is 19.1. The monoisotopic (exact) mass is 453 g/mol. The Morgan fingerprint density at radius 1 is 1.28 bits per heavy atom. The Bertz CT molecular complexity index is 1290. The van der Waals surface area contributed by atoms with Gasteiger partial charge in [0.2, 0.25) is 5.82 Å². The van der Waals surface area contributed by atoms with Crippen molar-refractivity contribution in [1.29, 1.82) is 0 Å². The van der Waals surface area contributed by atoms with Crippen LogP contribution in [0.25, 0.3) is 33.7 Å². The number of carboxylic acid groups (broad SMARTS) is 1. The maximum absolute atomic E-state index is 11.0. The molecule has 0 bridgehead atoms. The summed E-state index contributed by atoms with van der Waals surface area (Å²) in [5.74, 6) is 0.00694. The zero-order chi connectivity index (χ0) is 23.0. The summed E-state index contributed by atoms with van der Waals surface area (Å²) in [6.45, 7) is 6.55. The van der Waals surface area contributed by atoms with Crippen LogP contribution in [0.3, 0.4) is 0 Å². The van der Waals surface area contributed by atoms with E-state index >= 15 is 0 Å². The summed E-state index contributed by atoms with van der Waals surface area (Å²) in [5, 5.41) is 18.9. The zero-order valence-electron chi connectivity index (χ0n) is 18.3. The molecule has 4 aromatic rings. The minimum Gasteiger partial charge on any atom is -0.480 e. The Kier molecular flexibility index (Phi) is 5.99. The number of hydrogen-bond donors (Lipinski definition) is 1. The van der Waals surface area contributed by atoms with Gasteiger partial charge < -0.3 is 9.63 Å². The molecule has 2 aromatic carbocycles. The summed E-state index contributed by atoms with van der Waals surface area (Å²) < 4.78 is 7.44. The van der Waals surface area contributed by atoms with E-state index in [1.54, 1.807) is 11.9 Å². The molecule has 2 heterocycles. The van der Waals surface area contributed by atoms with Crippen molar-refractivity contribution in [3.8, 4) is 22.8 Å². The molecule has 0 saturated heterocycles. The normalized spacial score (nSPS) is 11.7. The number of hydrogen-bond acceptors (Lipinski definition) is 6. The van der Waals surface area contributed by atoms with Gasteiger partial charge in [-0.2, -0.15) is 10.1 Å². The molecule has 0 unspecified atom stereocenters. The van der Waals surface area contributed by atoms with Gasteiger partial charge in [-0.1, -0.05) is 35.0 Å². The second kappa shape index (κ2) is 8.72. The Morgan fingerprint density at radius 3 is 2.78 bits per heavy atom. The van der Waals surface area contributed by atoms with Crippen LogP contribution in [0, 0.1) is 6.92 Å². The molecule has 0 aliphatic heterocycles. The number of likely N-dealkylation sites (N-methyl/N-ethyl adjacent to an activating group) is 1. The highest BCUT2D eigenvalue weighted by Crippen LogP contribution is 2.31. The van der Waals surface area contributed by atoms with Crippen LogP contribution >= 0.6 is 11.6 Å². The maximum Gasteiger partial charge on any atom is 0.317 e. The third kappa shape index (κ3) is 4.24. The fourth-order valence-electron chi connectivity index (χ4n) is 3.75. The van der Waals surface area contributed by atoms with Crippen LogP contribution in [-0.4, -0.2) is 49.5 Å². The van der Waals surface area contributed by atoms with Crippen molar-refractivity contribution in [1.82, 2.24) is 24.8 Å². The van der Waals surface area contributed by atoms with Crippen LogP contribution in [0.15, 0.2) is 40.9 Å². The van der Waals surface area contributed by atoms with Gasteiger partial charge in [0.25, 0.3) is 5.89 Å². The van der Waals surface area contributed by atoms with Gasteiger partial charge in [0, 0.05) is 29.1 Å². The van der Waals surface area contributed by atoms with Gasteiger partial charge in [-0.05, 0) is 57.1 Å². The summed E-state index contributed by atoms with van der Waals surface area (Å²) in [6.07, 6.45) is 0. The van der Waals surface area contributed by atoms with Crippen LogP contribution in [0.4, 0.5) is 0 Å². The lowest BCUT2D eigenvalue weighted by atomic mass is 10.0. The van der Waals surface area contributed by atoms with Gasteiger partial charge in [0.1, 0.15) is 0 Å². The molecule has 0 amide bonds. The average molecular weight is 454 g/mol. The minimum atomic E-state index is -0.861. The predicted octanol–water partition coefficient (Wildman–Crippen LogP) is 4.81. The van der Waals surface area contributed by atoms with E-state index in [4.69, 9.17) is 21.2 Å². The van der Waals surface area contributed by atoms with E-state index in [0.717, 1.165) is 33.2 Å². The lowest BCUT2D eigenvalue weighted by Crippen LogP contribution is -2.25. The van der Waals surface area contributed by atoms with Gasteiger partial charge in [0.05, 0.1) is 12.1 Å². The Balaban J connectivity index is 1.65. The number of carbonyl (C=O) groups is 1. The highest BCUT2D eigenvalue weighted by molar-refractivity contribution is 6.34. The fraction of sp³-hybridized carbons (Fsp3) is 0.304. The fourth-order valence-corrected chi connectivity index (χ4v) is 3.99. The first-order chi connectivity index (χ1) is 15.2. The first-order valence-corrected chi connectivity index (χ1v) is 10.6. The van der Waals surface area contributed by atoms with Crippen molar-refractivity contribution < 1.29 is 14.4 Å². The molecule has 2 aromatic heterocycles. The van der Waals surface area contributed by atoms with Gasteiger partial charge >= 0.3 is 5.97 Å². The molecule has 0 atom stereocenters. The van der Waals surface area contributed by atoms with Gasteiger partial charge in [-0.25, -0.2) is 0 Å². The maximum atomic E-state index is 11.0. The van der Waals surface area contributed by atoms with Gasteiger partial charge in [0.15, 0.2) is 5.15 Å². The topological polar surface area (TPSA) is 97.3 Å². The molecule has 0 radical (unpaired) electrons. The number of fused-ring (bicyclic) bond motifs is 1. The summed E-state index contributed by atoms with van der Waals surface area (Å²) in [4.78, 5) is 17.3. The van der Waals surface area contributed by atoms with Crippen LogP contribution in [0.2, 0.25) is 5.15 Å². The summed E-state index contributed by atoms with van der Waals surface area (Å²) in [5.41, 5.74) is 4.53. The van der Waals surface area contributed by atoms with E-state index in [-0.39, 0.29) is 12.6 Å². The van der Waals surface area contributed by atoms with Crippen LogP contribution in [0.1, 0.15) is 31.0 Å². The van der Waals surface area contributed by atoms with E-state index in [1.807, 2.05) is 48.0 Å². The summed E-state index contributed by atoms with van der Waals surface area (Å²) >= 11 is 6.35. The second-order valence-corrected chi connectivity index (χ2v) is 8.50. The van der Waals surface area contributed by atoms with Gasteiger partial charge in [-0.15, -0.1) is 0 Å². The molecule has 166 valence electrons. The Labute approximate surface area is 190 Å². The molecular weight excluding hydrogens is 430 g/mol. The van der Waals surface area contributed by atoms with Crippen molar-refractivity contribution in [2.75, 3.05) is 13.6 Å². The number of halogens is 1. The first-order valence-electron chi connectivity index (χ1n) is 10.3. The van der Waals surface area contributed by atoms with Crippen molar-refractivity contribution in [2.45, 2.75) is 33.4 Å². The first kappa shape index (κ1) is 22.0. The number of carboxylic acids is 1. The van der Waals surface area contributed by atoms with E-state index < -0.39 is 5.97 Å². The molecule has 1 N–H and O–H groups in total. The van der Waals surface area contributed by atoms with E-state index in [1.165, 1.54) is 0 Å². The Hall–Kier alpha value is -3.23. The highest BCUT2D eigenvalue weighted by atomic mass is 35.5. The molecular formula is C23H24ClN5O3. The molecule has 8 nitrogen and oxygen atoms in total. The quantitative estimate of drug-likeness (QED) is 0.428. The van der Waals surface area contributed by atoms with Crippen LogP contribution in [-0.2, 0) is 11.3 Å². The molecule has 4 rings (SSSR count). The van der Waals surface area contributed by atoms with Crippen LogP contribution in [0.5, 0.6) is 0 Å². The van der Waals surface area contributed by atoms with Crippen molar-refractivity contribution >= 4 is 28.5 Å². The SMILES string of the molecule is Cc1c(CN(C)CC(=O)O)cccc1-c1noc(-c2ccc3c(c2)c(Cl)nn3C(C)C)n1. The molecule has 0 aliphatic rings. The molecule has 0 spiro atoms. The number of aromatic nitrogens is 4. The molecule has 0 fully saturated rings. The number of benzene rings is 2. The third-order valence-electron chi connectivity index (χ3n) is 5.36. The summed E-state index contributed by atoms with van der Waals surface area (Å²) in [7, 11) is 1.77. The second-order valence-electron chi connectivity index (χ2n) is 8.14. The Morgan fingerprint density at radius 2 is 2.06 bits per heavy atom. The van der Waals surface area contributed by atoms with E-state index in [0.29, 0.717) is 23.4 Å². The lowest BCUT2D eigenvalue weighted by molar-refractivity contribution is -0.138. The standard InChI is InChI=1S/C23H24ClN5O3/c1-13(2)29-19-9-8-15(10-18(19)21(24)26-29)23-25-22(27-32-23)17-7-5-6-16(14(17)3)11-28(4)12-20(30)31/h5-10,13H,11-12H2,1-4H3,(H,30,31). The van der Waals surface area contributed by atoms with Crippen LogP contribution < -0.4 is 0 Å². The minimum absolute atomic E-state index is 0.0333. The molecule has 32 heavy (non-hydrogen) atoms. The third-order valence-corrected chi connectivity index (χ3v) is 5.63. The van der Waals surface area contributed by atoms with E-state index in [2.05, 4.69) is 29.1 Å². The highest BCUT2D eigenvalue weighted by Gasteiger charge is 2.17. The number of aliphatic carboxylic acids is 1.